The second kappa shape index (κ2) is 8.75. The van der Waals surface area contributed by atoms with Crippen molar-refractivity contribution in [3.05, 3.63) is 72.1 Å². The summed E-state index contributed by atoms with van der Waals surface area (Å²) in [5, 5.41) is 6.74. The summed E-state index contributed by atoms with van der Waals surface area (Å²) in [6, 6.07) is 17.1. The number of amides is 2. The highest BCUT2D eigenvalue weighted by atomic mass is 32.2. The van der Waals surface area contributed by atoms with E-state index in [-0.39, 0.29) is 23.8 Å². The summed E-state index contributed by atoms with van der Waals surface area (Å²) in [6.07, 6.45) is 5.50. The predicted octanol–water partition coefficient (Wildman–Crippen LogP) is 4.43. The number of benzene rings is 2. The molecular weight excluding hydrogens is 396 g/mol. The molecule has 7 heteroatoms. The zero-order valence-electron chi connectivity index (χ0n) is 17.0. The number of anilines is 1. The zero-order valence-corrected chi connectivity index (χ0v) is 17.8. The summed E-state index contributed by atoms with van der Waals surface area (Å²) in [6.45, 7) is 1.94. The maximum atomic E-state index is 13.0. The molecule has 1 fully saturated rings. The molecular formula is C23H24N4O2S. The van der Waals surface area contributed by atoms with Crippen molar-refractivity contribution in [2.24, 2.45) is 5.92 Å². The molecule has 1 heterocycles. The normalized spacial score (nSPS) is 14.2. The maximum Gasteiger partial charge on any atom is 0.270 e. The highest BCUT2D eigenvalue weighted by Gasteiger charge is 2.29. The minimum absolute atomic E-state index is 0.0860. The molecule has 0 spiro atoms. The molecule has 3 aromatic rings. The van der Waals surface area contributed by atoms with Crippen molar-refractivity contribution >= 4 is 29.3 Å². The summed E-state index contributed by atoms with van der Waals surface area (Å²) in [4.78, 5) is 29.3. The topological polar surface area (TPSA) is 76.0 Å². The molecule has 2 aromatic carbocycles. The van der Waals surface area contributed by atoms with Crippen molar-refractivity contribution in [1.82, 2.24) is 14.9 Å². The average molecular weight is 421 g/mol. The van der Waals surface area contributed by atoms with Gasteiger partial charge in [0.05, 0.1) is 12.2 Å². The molecule has 1 aliphatic carbocycles. The Morgan fingerprint density at radius 2 is 1.80 bits per heavy atom. The fraction of sp³-hybridized carbons (Fsp3) is 0.261. The maximum absolute atomic E-state index is 13.0. The van der Waals surface area contributed by atoms with Gasteiger partial charge in [-0.3, -0.25) is 14.2 Å². The zero-order chi connectivity index (χ0) is 21.1. The average Bonchev–Trinajstić information content (AvgIpc) is 3.53. The lowest BCUT2D eigenvalue weighted by Crippen LogP contribution is -2.28. The molecule has 6 nitrogen and oxygen atoms in total. The number of hydrogen-bond donors (Lipinski definition) is 2. The molecule has 0 saturated heterocycles. The van der Waals surface area contributed by atoms with Crippen molar-refractivity contribution in [1.29, 1.82) is 0 Å². The van der Waals surface area contributed by atoms with Crippen LogP contribution in [0.1, 0.15) is 41.9 Å². The Morgan fingerprint density at radius 1 is 1.10 bits per heavy atom. The third-order valence-electron chi connectivity index (χ3n) is 5.13. The second-order valence-electron chi connectivity index (χ2n) is 7.38. The second-order valence-corrected chi connectivity index (χ2v) is 8.16. The predicted molar refractivity (Wildman–Crippen MR) is 119 cm³/mol. The van der Waals surface area contributed by atoms with E-state index in [4.69, 9.17) is 0 Å². The highest BCUT2D eigenvalue weighted by molar-refractivity contribution is 7.98. The van der Waals surface area contributed by atoms with Gasteiger partial charge in [-0.15, -0.1) is 0 Å². The largest absolute Gasteiger partial charge is 0.344 e. The number of carbonyl (C=O) groups excluding carboxylic acids is 2. The van der Waals surface area contributed by atoms with Crippen LogP contribution in [0.5, 0.6) is 0 Å². The Morgan fingerprint density at radius 3 is 2.43 bits per heavy atom. The number of aromatic nitrogens is 2. The van der Waals surface area contributed by atoms with Gasteiger partial charge < -0.3 is 10.6 Å². The van der Waals surface area contributed by atoms with Gasteiger partial charge in [0.25, 0.3) is 5.91 Å². The van der Waals surface area contributed by atoms with E-state index in [0.29, 0.717) is 5.69 Å². The van der Waals surface area contributed by atoms with Crippen LogP contribution in [-0.4, -0.2) is 27.6 Å². The van der Waals surface area contributed by atoms with Gasteiger partial charge >= 0.3 is 0 Å². The summed E-state index contributed by atoms with van der Waals surface area (Å²) in [5.41, 5.74) is 3.13. The lowest BCUT2D eigenvalue weighted by molar-refractivity contribution is -0.117. The van der Waals surface area contributed by atoms with Crippen molar-refractivity contribution < 1.29 is 9.59 Å². The van der Waals surface area contributed by atoms with Crippen LogP contribution in [0.25, 0.3) is 5.69 Å². The first-order chi connectivity index (χ1) is 14.6. The number of hydrogen-bond acceptors (Lipinski definition) is 4. The Kier molecular flexibility index (Phi) is 5.90. The molecule has 1 aliphatic rings. The van der Waals surface area contributed by atoms with Gasteiger partial charge in [0.1, 0.15) is 5.69 Å². The molecule has 154 valence electrons. The minimum atomic E-state index is -0.192. The van der Waals surface area contributed by atoms with Crippen LogP contribution in [0.15, 0.2) is 66.0 Å². The Bertz CT molecular complexity index is 1040. The molecule has 0 radical (unpaired) electrons. The van der Waals surface area contributed by atoms with Crippen molar-refractivity contribution in [3.63, 3.8) is 0 Å². The first-order valence-corrected chi connectivity index (χ1v) is 11.2. The molecule has 1 saturated carbocycles. The lowest BCUT2D eigenvalue weighted by atomic mass is 10.1. The van der Waals surface area contributed by atoms with E-state index in [1.807, 2.05) is 72.3 Å². The number of nitrogens with zero attached hydrogens (tertiary/aromatic N) is 2. The van der Waals surface area contributed by atoms with E-state index in [2.05, 4.69) is 15.6 Å². The molecule has 0 aliphatic heterocycles. The van der Waals surface area contributed by atoms with E-state index >= 15 is 0 Å². The number of para-hydroxylation sites is 1. The number of thioether (sulfide) groups is 1. The SMILES string of the molecule is CSc1ncc(C(=O)NC(C)c2ccc(NC(=O)C3CC3)cc2)n1-c1ccccc1. The van der Waals surface area contributed by atoms with Gasteiger partial charge in [-0.2, -0.15) is 0 Å². The quantitative estimate of drug-likeness (QED) is 0.554. The number of imidazole rings is 1. The van der Waals surface area contributed by atoms with Gasteiger partial charge in [0, 0.05) is 17.3 Å². The van der Waals surface area contributed by atoms with Crippen molar-refractivity contribution in [3.8, 4) is 5.69 Å². The molecule has 2 amide bonds. The molecule has 1 unspecified atom stereocenters. The summed E-state index contributed by atoms with van der Waals surface area (Å²) in [7, 11) is 0. The van der Waals surface area contributed by atoms with Crippen LogP contribution in [-0.2, 0) is 4.79 Å². The smallest absolute Gasteiger partial charge is 0.270 e. The molecule has 4 rings (SSSR count). The summed E-state index contributed by atoms with van der Waals surface area (Å²) >= 11 is 1.49. The first kappa shape index (κ1) is 20.2. The van der Waals surface area contributed by atoms with E-state index in [1.54, 1.807) is 6.20 Å². The van der Waals surface area contributed by atoms with E-state index < -0.39 is 0 Å². The number of rotatable bonds is 7. The summed E-state index contributed by atoms with van der Waals surface area (Å²) in [5.74, 6) is 0.0664. The van der Waals surface area contributed by atoms with Crippen LogP contribution < -0.4 is 10.6 Å². The Balaban J connectivity index is 1.47. The van der Waals surface area contributed by atoms with Gasteiger partial charge in [-0.25, -0.2) is 4.98 Å². The van der Waals surface area contributed by atoms with Gasteiger partial charge in [0.2, 0.25) is 5.91 Å². The Hall–Kier alpha value is -3.06. The summed E-state index contributed by atoms with van der Waals surface area (Å²) < 4.78 is 1.86. The van der Waals surface area contributed by atoms with Gasteiger partial charge in [-0.1, -0.05) is 42.1 Å². The van der Waals surface area contributed by atoms with Crippen molar-refractivity contribution in [2.45, 2.75) is 31.0 Å². The first-order valence-electron chi connectivity index (χ1n) is 9.95. The molecule has 1 atom stereocenters. The monoisotopic (exact) mass is 420 g/mol. The fourth-order valence-electron chi connectivity index (χ4n) is 3.26. The van der Waals surface area contributed by atoms with Crippen LogP contribution in [0.2, 0.25) is 0 Å². The number of nitrogens with one attached hydrogen (secondary N) is 2. The third-order valence-corrected chi connectivity index (χ3v) is 5.79. The van der Waals surface area contributed by atoms with Crippen LogP contribution >= 0.6 is 11.8 Å². The number of carbonyl (C=O) groups is 2. The van der Waals surface area contributed by atoms with Crippen molar-refractivity contribution in [2.75, 3.05) is 11.6 Å². The Labute approximate surface area is 180 Å². The van der Waals surface area contributed by atoms with E-state index in [9.17, 15) is 9.59 Å². The molecule has 2 N–H and O–H groups in total. The molecule has 0 bridgehead atoms. The molecule has 1 aromatic heterocycles. The minimum Gasteiger partial charge on any atom is -0.344 e. The van der Waals surface area contributed by atoms with Crippen LogP contribution in [0.4, 0.5) is 5.69 Å². The van der Waals surface area contributed by atoms with Gasteiger partial charge in [-0.05, 0) is 55.9 Å². The van der Waals surface area contributed by atoms with Gasteiger partial charge in [0.15, 0.2) is 5.16 Å². The van der Waals surface area contributed by atoms with Crippen LogP contribution in [0.3, 0.4) is 0 Å². The van der Waals surface area contributed by atoms with E-state index in [1.165, 1.54) is 11.8 Å². The molecule has 30 heavy (non-hydrogen) atoms. The highest BCUT2D eigenvalue weighted by Crippen LogP contribution is 2.30. The van der Waals surface area contributed by atoms with E-state index in [0.717, 1.165) is 34.9 Å². The van der Waals surface area contributed by atoms with Crippen LogP contribution in [0, 0.1) is 5.92 Å². The fourth-order valence-corrected chi connectivity index (χ4v) is 3.81. The lowest BCUT2D eigenvalue weighted by Gasteiger charge is -2.16. The standard InChI is InChI=1S/C23H24N4O2S/c1-15(16-10-12-18(13-11-16)26-21(28)17-8-9-17)25-22(29)20-14-24-23(30-2)27(20)19-6-4-3-5-7-19/h3-7,10-15,17H,8-9H2,1-2H3,(H,25,29)(H,26,28). The third kappa shape index (κ3) is 4.41.